The van der Waals surface area contributed by atoms with Gasteiger partial charge in [-0.15, -0.1) is 0 Å². The topological polar surface area (TPSA) is 39.9 Å². The lowest BCUT2D eigenvalue weighted by Crippen LogP contribution is -2.57. The van der Waals surface area contributed by atoms with E-state index in [0.717, 1.165) is 11.0 Å². The minimum absolute atomic E-state index is 0.241. The van der Waals surface area contributed by atoms with Crippen LogP contribution in [0.5, 0.6) is 0 Å². The van der Waals surface area contributed by atoms with Crippen LogP contribution in [0.4, 0.5) is 0 Å². The highest BCUT2D eigenvalue weighted by molar-refractivity contribution is 6.77. The third kappa shape index (κ3) is 2.78. The Morgan fingerprint density at radius 3 is 1.75 bits per heavy atom. The maximum absolute atomic E-state index is 6.41. The monoisotopic (exact) mass is 291 g/mol. The van der Waals surface area contributed by atoms with E-state index in [1.807, 2.05) is 24.3 Å². The number of hydrogen-bond acceptors (Lipinski definition) is 3. The lowest BCUT2D eigenvalue weighted by Gasteiger charge is -2.43. The van der Waals surface area contributed by atoms with Crippen LogP contribution in [-0.2, 0) is 10.1 Å². The van der Waals surface area contributed by atoms with Gasteiger partial charge in [-0.2, -0.15) is 15.0 Å². The highest BCUT2D eigenvalue weighted by Crippen LogP contribution is 2.33. The van der Waals surface area contributed by atoms with Gasteiger partial charge in [-0.25, -0.2) is 0 Å². The van der Waals surface area contributed by atoms with E-state index in [-0.39, 0.29) is 5.60 Å². The predicted molar refractivity (Wildman–Crippen MR) is 85.4 cm³/mol. The highest BCUT2D eigenvalue weighted by atomic mass is 28.3. The van der Waals surface area contributed by atoms with E-state index in [1.165, 1.54) is 0 Å². The van der Waals surface area contributed by atoms with Crippen LogP contribution >= 0.6 is 0 Å². The number of fused-ring (bicyclic) bond motifs is 1. The number of rotatable bonds is 3. The minimum Gasteiger partial charge on any atom is -0.350 e. The molecule has 5 heteroatoms. The van der Waals surface area contributed by atoms with Crippen LogP contribution in [0.2, 0.25) is 19.6 Å². The Bertz CT molecular complexity index is 576. The SMILES string of the molecule is CC(C)(C)OC(C)(n1nc2ccccc2n1)[Si](C)(C)C. The van der Waals surface area contributed by atoms with Crippen LogP contribution in [-0.4, -0.2) is 28.7 Å². The number of hydrogen-bond donors (Lipinski definition) is 0. The van der Waals surface area contributed by atoms with Crippen molar-refractivity contribution in [3.8, 4) is 0 Å². The van der Waals surface area contributed by atoms with Gasteiger partial charge in [-0.3, -0.25) is 0 Å². The van der Waals surface area contributed by atoms with E-state index in [0.29, 0.717) is 0 Å². The van der Waals surface area contributed by atoms with E-state index in [9.17, 15) is 0 Å². The number of aromatic nitrogens is 3. The molecule has 1 unspecified atom stereocenters. The fraction of sp³-hybridized carbons (Fsp3) is 0.600. The number of benzene rings is 1. The van der Waals surface area contributed by atoms with Crippen LogP contribution in [0.1, 0.15) is 27.7 Å². The molecule has 0 aliphatic rings. The second-order valence-corrected chi connectivity index (χ2v) is 12.9. The molecule has 2 rings (SSSR count). The van der Waals surface area contributed by atoms with E-state index >= 15 is 0 Å². The summed E-state index contributed by atoms with van der Waals surface area (Å²) in [6.45, 7) is 15.2. The van der Waals surface area contributed by atoms with Crippen LogP contribution in [0, 0.1) is 0 Å². The molecule has 0 saturated heterocycles. The first-order valence-corrected chi connectivity index (χ1v) is 10.6. The molecule has 1 heterocycles. The first-order valence-electron chi connectivity index (χ1n) is 7.06. The van der Waals surface area contributed by atoms with Crippen LogP contribution in [0.25, 0.3) is 11.0 Å². The summed E-state index contributed by atoms with van der Waals surface area (Å²) in [4.78, 5) is 1.79. The Balaban J connectivity index is 2.56. The molecular formula is C15H25N3OSi. The molecule has 1 atom stereocenters. The molecule has 20 heavy (non-hydrogen) atoms. The summed E-state index contributed by atoms with van der Waals surface area (Å²) in [6.07, 6.45) is 0. The molecule has 0 aliphatic heterocycles. The minimum atomic E-state index is -1.71. The van der Waals surface area contributed by atoms with Gasteiger partial charge < -0.3 is 4.74 Å². The standard InChI is InChI=1S/C15H25N3OSi/c1-14(2,3)19-15(4,20(5,6)7)18-16-12-10-8-9-11-13(12)17-18/h8-11H,1-7H3. The van der Waals surface area contributed by atoms with Gasteiger partial charge in [0.2, 0.25) is 0 Å². The zero-order valence-corrected chi connectivity index (χ0v) is 14.6. The lowest BCUT2D eigenvalue weighted by atomic mass is 10.2. The molecule has 0 radical (unpaired) electrons. The molecule has 0 fully saturated rings. The Morgan fingerprint density at radius 1 is 0.950 bits per heavy atom. The fourth-order valence-corrected chi connectivity index (χ4v) is 3.45. The molecule has 1 aromatic carbocycles. The van der Waals surface area contributed by atoms with Crippen LogP contribution in [0.15, 0.2) is 24.3 Å². The van der Waals surface area contributed by atoms with Crippen molar-refractivity contribution in [3.05, 3.63) is 24.3 Å². The molecule has 0 N–H and O–H groups in total. The Hall–Kier alpha value is -1.20. The third-order valence-electron chi connectivity index (χ3n) is 3.56. The van der Waals surface area contributed by atoms with Crippen molar-refractivity contribution in [2.45, 2.75) is 58.3 Å². The Morgan fingerprint density at radius 2 is 1.40 bits per heavy atom. The maximum atomic E-state index is 6.41. The summed E-state index contributed by atoms with van der Waals surface area (Å²) in [5.74, 6) is 0. The van der Waals surface area contributed by atoms with Gasteiger partial charge in [0.05, 0.1) is 5.60 Å². The van der Waals surface area contributed by atoms with E-state index in [4.69, 9.17) is 4.74 Å². The molecule has 1 aromatic heterocycles. The Kier molecular flexibility index (Phi) is 3.55. The average Bonchev–Trinajstić information content (AvgIpc) is 2.68. The average molecular weight is 291 g/mol. The van der Waals surface area contributed by atoms with Gasteiger partial charge in [0.1, 0.15) is 19.1 Å². The molecule has 0 spiro atoms. The first-order chi connectivity index (χ1) is 9.03. The molecule has 0 bridgehead atoms. The molecule has 2 aromatic rings. The van der Waals surface area contributed by atoms with Crippen molar-refractivity contribution in [3.63, 3.8) is 0 Å². The van der Waals surface area contributed by atoms with Crippen molar-refractivity contribution in [2.75, 3.05) is 0 Å². The van der Waals surface area contributed by atoms with Crippen molar-refractivity contribution in [2.24, 2.45) is 0 Å². The molecule has 4 nitrogen and oxygen atoms in total. The molecule has 110 valence electrons. The zero-order chi connectivity index (χ0) is 15.2. The van der Waals surface area contributed by atoms with Crippen molar-refractivity contribution >= 4 is 19.1 Å². The van der Waals surface area contributed by atoms with Crippen molar-refractivity contribution < 1.29 is 4.74 Å². The van der Waals surface area contributed by atoms with Crippen LogP contribution in [0.3, 0.4) is 0 Å². The van der Waals surface area contributed by atoms with E-state index in [1.54, 1.807) is 4.80 Å². The molecule has 0 saturated carbocycles. The maximum Gasteiger partial charge on any atom is 0.161 e. The second-order valence-electron chi connectivity index (χ2n) is 7.43. The Labute approximate surface area is 122 Å². The number of ether oxygens (including phenoxy) is 1. The summed E-state index contributed by atoms with van der Waals surface area (Å²) < 4.78 is 6.41. The first kappa shape index (κ1) is 15.2. The van der Waals surface area contributed by atoms with Gasteiger partial charge in [0.15, 0.2) is 5.35 Å². The summed E-state index contributed by atoms with van der Waals surface area (Å²) in [5, 5.41) is 8.82. The van der Waals surface area contributed by atoms with Crippen LogP contribution < -0.4 is 0 Å². The summed E-state index contributed by atoms with van der Waals surface area (Å²) in [6, 6.07) is 7.94. The predicted octanol–water partition coefficient (Wildman–Crippen LogP) is 3.80. The fourth-order valence-electron chi connectivity index (χ4n) is 2.14. The van der Waals surface area contributed by atoms with Gasteiger partial charge in [-0.05, 0) is 39.8 Å². The molecule has 0 amide bonds. The van der Waals surface area contributed by atoms with Gasteiger partial charge in [0, 0.05) is 0 Å². The van der Waals surface area contributed by atoms with Crippen molar-refractivity contribution in [1.29, 1.82) is 0 Å². The lowest BCUT2D eigenvalue weighted by molar-refractivity contribution is -0.136. The molecular weight excluding hydrogens is 266 g/mol. The quantitative estimate of drug-likeness (QED) is 0.808. The highest BCUT2D eigenvalue weighted by Gasteiger charge is 2.46. The second kappa shape index (κ2) is 4.67. The van der Waals surface area contributed by atoms with E-state index in [2.05, 4.69) is 57.5 Å². The zero-order valence-electron chi connectivity index (χ0n) is 13.6. The number of nitrogens with zero attached hydrogens (tertiary/aromatic N) is 3. The van der Waals surface area contributed by atoms with Gasteiger partial charge in [-0.1, -0.05) is 31.8 Å². The van der Waals surface area contributed by atoms with E-state index < -0.39 is 13.4 Å². The summed E-state index contributed by atoms with van der Waals surface area (Å²) in [5.41, 5.74) is 1.58. The third-order valence-corrected chi connectivity index (χ3v) is 6.65. The summed E-state index contributed by atoms with van der Waals surface area (Å²) >= 11 is 0. The normalized spacial score (nSPS) is 16.4. The smallest absolute Gasteiger partial charge is 0.161 e. The summed E-state index contributed by atoms with van der Waals surface area (Å²) in [7, 11) is -1.71. The molecule has 0 aliphatic carbocycles. The largest absolute Gasteiger partial charge is 0.350 e. The van der Waals surface area contributed by atoms with Crippen molar-refractivity contribution in [1.82, 2.24) is 15.0 Å². The van der Waals surface area contributed by atoms with Gasteiger partial charge in [0.25, 0.3) is 0 Å². The van der Waals surface area contributed by atoms with Gasteiger partial charge >= 0.3 is 0 Å².